The Morgan fingerprint density at radius 3 is 2.47 bits per heavy atom. The number of hydrogen-bond donors (Lipinski definition) is 1. The van der Waals surface area contributed by atoms with Crippen LogP contribution in [0.3, 0.4) is 0 Å². The maximum Gasteiger partial charge on any atom is 0.303 e. The van der Waals surface area contributed by atoms with E-state index < -0.39 is 5.97 Å². The molecule has 0 saturated carbocycles. The largest absolute Gasteiger partial charge is 0.481 e. The summed E-state index contributed by atoms with van der Waals surface area (Å²) in [6.07, 6.45) is 8.28. The number of hydrogen-bond acceptors (Lipinski definition) is 4. The Balaban J connectivity index is 1.65. The molecule has 0 aromatic carbocycles. The number of carboxylic acid groups (broad SMARTS) is 1. The highest BCUT2D eigenvalue weighted by Gasteiger charge is 2.41. The van der Waals surface area contributed by atoms with E-state index in [1.165, 1.54) is 12.8 Å². The Labute approximate surface area is 112 Å². The van der Waals surface area contributed by atoms with Gasteiger partial charge in [-0.3, -0.25) is 9.69 Å². The van der Waals surface area contributed by atoms with Gasteiger partial charge in [0.2, 0.25) is 0 Å². The van der Waals surface area contributed by atoms with E-state index in [0.717, 1.165) is 25.2 Å². The second kappa shape index (κ2) is 5.25. The molecule has 19 heavy (non-hydrogen) atoms. The molecular formula is C14H19N3O2. The maximum absolute atomic E-state index is 10.8. The zero-order valence-corrected chi connectivity index (χ0v) is 10.9. The van der Waals surface area contributed by atoms with Gasteiger partial charge in [0.1, 0.15) is 5.82 Å². The molecular weight excluding hydrogens is 242 g/mol. The molecule has 2 unspecified atom stereocenters. The van der Waals surface area contributed by atoms with E-state index in [-0.39, 0.29) is 0 Å². The Kier molecular flexibility index (Phi) is 3.46. The molecule has 1 aromatic heterocycles. The second-order valence-corrected chi connectivity index (χ2v) is 5.66. The van der Waals surface area contributed by atoms with Crippen LogP contribution in [0.5, 0.6) is 0 Å². The fourth-order valence-corrected chi connectivity index (χ4v) is 3.63. The van der Waals surface area contributed by atoms with Crippen molar-refractivity contribution < 1.29 is 9.90 Å². The number of carbonyl (C=O) groups is 1. The van der Waals surface area contributed by atoms with Crippen LogP contribution in [0.4, 0.5) is 0 Å². The van der Waals surface area contributed by atoms with Gasteiger partial charge in [-0.05, 0) is 37.7 Å². The van der Waals surface area contributed by atoms with Crippen molar-refractivity contribution in [2.75, 3.05) is 0 Å². The van der Waals surface area contributed by atoms with E-state index in [1.54, 1.807) is 12.4 Å². The van der Waals surface area contributed by atoms with Crippen molar-refractivity contribution in [2.45, 2.75) is 50.7 Å². The van der Waals surface area contributed by atoms with E-state index in [0.29, 0.717) is 24.4 Å². The van der Waals surface area contributed by atoms with Crippen LogP contribution in [-0.2, 0) is 11.3 Å². The summed E-state index contributed by atoms with van der Waals surface area (Å²) < 4.78 is 0. The first-order chi connectivity index (χ1) is 9.22. The fourth-order valence-electron chi connectivity index (χ4n) is 3.63. The first-order valence-corrected chi connectivity index (χ1v) is 6.96. The standard InChI is InChI=1S/C14H19N3O2/c18-14(19)8-10-6-11-2-3-12(7-10)17(11)9-13-15-4-1-5-16-13/h1,4-5,10-12H,2-3,6-9H2,(H,18,19). The van der Waals surface area contributed by atoms with Crippen LogP contribution in [0.1, 0.15) is 37.9 Å². The Morgan fingerprint density at radius 2 is 1.89 bits per heavy atom. The van der Waals surface area contributed by atoms with Crippen LogP contribution in [0, 0.1) is 5.92 Å². The van der Waals surface area contributed by atoms with E-state index >= 15 is 0 Å². The lowest BCUT2D eigenvalue weighted by Crippen LogP contribution is -2.43. The smallest absolute Gasteiger partial charge is 0.303 e. The summed E-state index contributed by atoms with van der Waals surface area (Å²) in [4.78, 5) is 21.9. The molecule has 0 spiro atoms. The Bertz CT molecular complexity index is 437. The highest BCUT2D eigenvalue weighted by atomic mass is 16.4. The SMILES string of the molecule is O=C(O)CC1CC2CCC(C1)N2Cc1ncccn1. The fraction of sp³-hybridized carbons (Fsp3) is 0.643. The van der Waals surface area contributed by atoms with Gasteiger partial charge in [0, 0.05) is 30.9 Å². The summed E-state index contributed by atoms with van der Waals surface area (Å²) in [6.45, 7) is 0.802. The van der Waals surface area contributed by atoms with Gasteiger partial charge in [0.15, 0.2) is 0 Å². The molecule has 1 N–H and O–H groups in total. The molecule has 3 heterocycles. The molecule has 0 radical (unpaired) electrons. The van der Waals surface area contributed by atoms with Gasteiger partial charge in [-0.15, -0.1) is 0 Å². The summed E-state index contributed by atoms with van der Waals surface area (Å²) in [6, 6.07) is 2.87. The molecule has 2 bridgehead atoms. The van der Waals surface area contributed by atoms with Gasteiger partial charge in [-0.2, -0.15) is 0 Å². The van der Waals surface area contributed by atoms with E-state index in [9.17, 15) is 4.79 Å². The quantitative estimate of drug-likeness (QED) is 0.893. The summed E-state index contributed by atoms with van der Waals surface area (Å²) >= 11 is 0. The molecule has 0 amide bonds. The third-order valence-corrected chi connectivity index (χ3v) is 4.39. The van der Waals surface area contributed by atoms with E-state index in [4.69, 9.17) is 5.11 Å². The van der Waals surface area contributed by atoms with Crippen molar-refractivity contribution in [3.63, 3.8) is 0 Å². The Hall–Kier alpha value is -1.49. The van der Waals surface area contributed by atoms with Crippen LogP contribution in [0.25, 0.3) is 0 Å². The molecule has 2 aliphatic heterocycles. The number of piperidine rings is 1. The van der Waals surface area contributed by atoms with Crippen molar-refractivity contribution in [3.05, 3.63) is 24.3 Å². The van der Waals surface area contributed by atoms with Crippen LogP contribution < -0.4 is 0 Å². The number of nitrogens with zero attached hydrogens (tertiary/aromatic N) is 3. The van der Waals surface area contributed by atoms with Gasteiger partial charge in [0.05, 0.1) is 6.54 Å². The summed E-state index contributed by atoms with van der Waals surface area (Å²) in [5, 5.41) is 8.93. The van der Waals surface area contributed by atoms with Crippen molar-refractivity contribution in [2.24, 2.45) is 5.92 Å². The zero-order valence-electron chi connectivity index (χ0n) is 10.9. The first kappa shape index (κ1) is 12.5. The number of carboxylic acids is 1. The summed E-state index contributed by atoms with van der Waals surface area (Å²) in [7, 11) is 0. The number of rotatable bonds is 4. The molecule has 5 heteroatoms. The van der Waals surface area contributed by atoms with E-state index in [1.807, 2.05) is 6.07 Å². The second-order valence-electron chi connectivity index (χ2n) is 5.66. The molecule has 0 aliphatic carbocycles. The summed E-state index contributed by atoms with van der Waals surface area (Å²) in [5.74, 6) is 0.559. The van der Waals surface area contributed by atoms with Gasteiger partial charge < -0.3 is 5.11 Å². The molecule has 5 nitrogen and oxygen atoms in total. The van der Waals surface area contributed by atoms with Crippen molar-refractivity contribution in [3.8, 4) is 0 Å². The molecule has 2 saturated heterocycles. The minimum atomic E-state index is -0.663. The Morgan fingerprint density at radius 1 is 1.26 bits per heavy atom. The lowest BCUT2D eigenvalue weighted by atomic mass is 9.88. The molecule has 1 aromatic rings. The third-order valence-electron chi connectivity index (χ3n) is 4.39. The third kappa shape index (κ3) is 2.76. The lowest BCUT2D eigenvalue weighted by Gasteiger charge is -2.38. The highest BCUT2D eigenvalue weighted by molar-refractivity contribution is 5.67. The minimum Gasteiger partial charge on any atom is -0.481 e. The first-order valence-electron chi connectivity index (χ1n) is 6.96. The topological polar surface area (TPSA) is 66.3 Å². The van der Waals surface area contributed by atoms with Crippen molar-refractivity contribution in [1.29, 1.82) is 0 Å². The van der Waals surface area contributed by atoms with Crippen LogP contribution >= 0.6 is 0 Å². The van der Waals surface area contributed by atoms with E-state index in [2.05, 4.69) is 14.9 Å². The lowest BCUT2D eigenvalue weighted by molar-refractivity contribution is -0.138. The van der Waals surface area contributed by atoms with Gasteiger partial charge >= 0.3 is 5.97 Å². The molecule has 2 atom stereocenters. The number of fused-ring (bicyclic) bond motifs is 2. The van der Waals surface area contributed by atoms with Crippen LogP contribution in [-0.4, -0.2) is 38.0 Å². The van der Waals surface area contributed by atoms with Gasteiger partial charge in [-0.25, -0.2) is 9.97 Å². The number of aromatic nitrogens is 2. The predicted molar refractivity (Wildman–Crippen MR) is 69.4 cm³/mol. The van der Waals surface area contributed by atoms with Gasteiger partial charge in [-0.1, -0.05) is 0 Å². The maximum atomic E-state index is 10.8. The monoisotopic (exact) mass is 261 g/mol. The predicted octanol–water partition coefficient (Wildman–Crippen LogP) is 1.69. The van der Waals surface area contributed by atoms with Crippen molar-refractivity contribution in [1.82, 2.24) is 14.9 Å². The number of aliphatic carboxylic acids is 1. The zero-order chi connectivity index (χ0) is 13.2. The molecule has 102 valence electrons. The van der Waals surface area contributed by atoms with Crippen LogP contribution in [0.2, 0.25) is 0 Å². The average Bonchev–Trinajstić information content (AvgIpc) is 2.62. The minimum absolute atomic E-state index is 0.322. The van der Waals surface area contributed by atoms with Crippen molar-refractivity contribution >= 4 is 5.97 Å². The average molecular weight is 261 g/mol. The molecule has 2 aliphatic rings. The highest BCUT2D eigenvalue weighted by Crippen LogP contribution is 2.40. The summed E-state index contributed by atoms with van der Waals surface area (Å²) in [5.41, 5.74) is 0. The molecule has 3 rings (SSSR count). The van der Waals surface area contributed by atoms with Gasteiger partial charge in [0.25, 0.3) is 0 Å². The van der Waals surface area contributed by atoms with Crippen LogP contribution in [0.15, 0.2) is 18.5 Å². The molecule has 2 fully saturated rings. The normalized spacial score (nSPS) is 30.4.